The van der Waals surface area contributed by atoms with Gasteiger partial charge < -0.3 is 25.2 Å². The van der Waals surface area contributed by atoms with E-state index in [9.17, 15) is 9.59 Å². The minimum Gasteiger partial charge on any atom is -0.369 e. The Morgan fingerprint density at radius 2 is 2.00 bits per heavy atom. The van der Waals surface area contributed by atoms with Gasteiger partial charge in [-0.15, -0.1) is 0 Å². The van der Waals surface area contributed by atoms with Gasteiger partial charge >= 0.3 is 0 Å². The molecule has 0 radical (unpaired) electrons. The fraction of sp³-hybridized carbons (Fsp3) is 0.579. The molecule has 7 nitrogen and oxygen atoms in total. The van der Waals surface area contributed by atoms with Crippen LogP contribution in [0.25, 0.3) is 0 Å². The molecular weight excluding hydrogens is 332 g/mol. The molecule has 2 aliphatic heterocycles. The maximum atomic E-state index is 12.6. The van der Waals surface area contributed by atoms with Crippen molar-refractivity contribution in [2.45, 2.75) is 19.0 Å². The van der Waals surface area contributed by atoms with Gasteiger partial charge in [0.25, 0.3) is 0 Å². The van der Waals surface area contributed by atoms with Crippen molar-refractivity contribution in [3.8, 4) is 0 Å². The van der Waals surface area contributed by atoms with Gasteiger partial charge in [0.1, 0.15) is 12.6 Å². The van der Waals surface area contributed by atoms with Crippen molar-refractivity contribution in [2.75, 3.05) is 52.5 Å². The average molecular weight is 360 g/mol. The summed E-state index contributed by atoms with van der Waals surface area (Å²) < 4.78 is 5.32. The lowest BCUT2D eigenvalue weighted by atomic mass is 10.1. The molecule has 0 saturated carbocycles. The van der Waals surface area contributed by atoms with E-state index in [0.717, 1.165) is 44.7 Å². The van der Waals surface area contributed by atoms with Crippen molar-refractivity contribution in [3.05, 3.63) is 35.9 Å². The molecule has 2 aliphatic rings. The topological polar surface area (TPSA) is 73.9 Å². The molecule has 2 saturated heterocycles. The first-order chi connectivity index (χ1) is 12.7. The number of morpholine rings is 1. The highest BCUT2D eigenvalue weighted by molar-refractivity contribution is 5.89. The van der Waals surface area contributed by atoms with E-state index in [1.165, 1.54) is 0 Å². The molecule has 1 aromatic rings. The first kappa shape index (κ1) is 18.8. The second kappa shape index (κ2) is 9.66. The molecule has 2 heterocycles. The second-order valence-corrected chi connectivity index (χ2v) is 6.77. The van der Waals surface area contributed by atoms with E-state index < -0.39 is 6.04 Å². The van der Waals surface area contributed by atoms with Crippen LogP contribution in [0, 0.1) is 0 Å². The number of nitrogens with one attached hydrogen (secondary N) is 2. The van der Waals surface area contributed by atoms with Crippen molar-refractivity contribution in [3.63, 3.8) is 0 Å². The van der Waals surface area contributed by atoms with Crippen molar-refractivity contribution < 1.29 is 14.3 Å². The van der Waals surface area contributed by atoms with Crippen LogP contribution in [0.4, 0.5) is 0 Å². The van der Waals surface area contributed by atoms with Crippen molar-refractivity contribution >= 4 is 11.8 Å². The van der Waals surface area contributed by atoms with Gasteiger partial charge in [-0.25, -0.2) is 0 Å². The van der Waals surface area contributed by atoms with Crippen LogP contribution in [-0.2, 0) is 20.9 Å². The first-order valence-corrected chi connectivity index (χ1v) is 9.36. The van der Waals surface area contributed by atoms with Gasteiger partial charge in [0, 0.05) is 39.3 Å². The molecule has 26 heavy (non-hydrogen) atoms. The van der Waals surface area contributed by atoms with E-state index in [4.69, 9.17) is 4.74 Å². The highest BCUT2D eigenvalue weighted by atomic mass is 16.5. The predicted octanol–water partition coefficient (Wildman–Crippen LogP) is -0.174. The number of ether oxygens (including phenoxy) is 1. The molecule has 2 N–H and O–H groups in total. The molecule has 142 valence electrons. The number of hydrogen-bond donors (Lipinski definition) is 2. The van der Waals surface area contributed by atoms with Crippen LogP contribution < -0.4 is 10.6 Å². The molecule has 0 unspecified atom stereocenters. The number of benzene rings is 1. The van der Waals surface area contributed by atoms with Crippen LogP contribution in [0.1, 0.15) is 12.0 Å². The SMILES string of the molecule is O=C(NCCCN1CCNCC1)[C@H]1COCC(=O)N1Cc1ccccc1. The Hall–Kier alpha value is -1.96. The third-order valence-corrected chi connectivity index (χ3v) is 4.86. The Kier molecular flexibility index (Phi) is 6.99. The number of carbonyl (C=O) groups is 2. The molecule has 2 amide bonds. The minimum absolute atomic E-state index is 0.0413. The average Bonchev–Trinajstić information content (AvgIpc) is 2.68. The van der Waals surface area contributed by atoms with Crippen LogP contribution in [0.2, 0.25) is 0 Å². The smallest absolute Gasteiger partial charge is 0.249 e. The van der Waals surface area contributed by atoms with Crippen LogP contribution in [-0.4, -0.2) is 80.1 Å². The van der Waals surface area contributed by atoms with Crippen LogP contribution in [0.3, 0.4) is 0 Å². The molecule has 7 heteroatoms. The molecular formula is C19H28N4O3. The highest BCUT2D eigenvalue weighted by Crippen LogP contribution is 2.13. The molecule has 1 atom stereocenters. The van der Waals surface area contributed by atoms with E-state index in [2.05, 4.69) is 15.5 Å². The number of carbonyl (C=O) groups excluding carboxylic acids is 2. The van der Waals surface area contributed by atoms with Gasteiger partial charge in [0.2, 0.25) is 11.8 Å². The number of rotatable bonds is 7. The van der Waals surface area contributed by atoms with E-state index in [1.54, 1.807) is 4.90 Å². The lowest BCUT2D eigenvalue weighted by molar-refractivity contribution is -0.155. The molecule has 3 rings (SSSR count). The Bertz CT molecular complexity index is 590. The molecule has 0 bridgehead atoms. The third-order valence-electron chi connectivity index (χ3n) is 4.86. The van der Waals surface area contributed by atoms with Crippen LogP contribution in [0.5, 0.6) is 0 Å². The molecule has 2 fully saturated rings. The Labute approximate surface area is 154 Å². The monoisotopic (exact) mass is 360 g/mol. The minimum atomic E-state index is -0.560. The number of amides is 2. The standard InChI is InChI=1S/C19H28N4O3/c24-18-15-26-14-17(23(18)13-16-5-2-1-3-6-16)19(25)21-7-4-10-22-11-8-20-9-12-22/h1-3,5-6,17,20H,4,7-15H2,(H,21,25)/t17-/m1/s1. The molecule has 0 spiro atoms. The maximum Gasteiger partial charge on any atom is 0.249 e. The lowest BCUT2D eigenvalue weighted by Crippen LogP contribution is -2.56. The normalized spacial score (nSPS) is 21.6. The summed E-state index contributed by atoms with van der Waals surface area (Å²) in [6.07, 6.45) is 0.909. The van der Waals surface area contributed by atoms with Gasteiger partial charge in [-0.1, -0.05) is 30.3 Å². The largest absolute Gasteiger partial charge is 0.369 e. The molecule has 0 aliphatic carbocycles. The fourth-order valence-electron chi connectivity index (χ4n) is 3.37. The van der Waals surface area contributed by atoms with Gasteiger partial charge in [-0.3, -0.25) is 9.59 Å². The van der Waals surface area contributed by atoms with Gasteiger partial charge in [-0.05, 0) is 18.5 Å². The summed E-state index contributed by atoms with van der Waals surface area (Å²) in [6.45, 7) is 6.50. The molecule has 0 aromatic heterocycles. The quantitative estimate of drug-likeness (QED) is 0.661. The third kappa shape index (κ3) is 5.27. The summed E-state index contributed by atoms with van der Waals surface area (Å²) in [7, 11) is 0. The lowest BCUT2D eigenvalue weighted by Gasteiger charge is -2.34. The number of nitrogens with zero attached hydrogens (tertiary/aromatic N) is 2. The zero-order chi connectivity index (χ0) is 18.2. The van der Waals surface area contributed by atoms with E-state index in [-0.39, 0.29) is 25.0 Å². The number of piperazine rings is 1. The van der Waals surface area contributed by atoms with Crippen molar-refractivity contribution in [2.24, 2.45) is 0 Å². The van der Waals surface area contributed by atoms with Crippen molar-refractivity contribution in [1.82, 2.24) is 20.4 Å². The van der Waals surface area contributed by atoms with E-state index >= 15 is 0 Å². The number of hydrogen-bond acceptors (Lipinski definition) is 5. The zero-order valence-electron chi connectivity index (χ0n) is 15.2. The van der Waals surface area contributed by atoms with E-state index in [0.29, 0.717) is 13.1 Å². The van der Waals surface area contributed by atoms with Gasteiger partial charge in [0.05, 0.1) is 6.61 Å². The Morgan fingerprint density at radius 3 is 2.77 bits per heavy atom. The van der Waals surface area contributed by atoms with E-state index in [1.807, 2.05) is 30.3 Å². The van der Waals surface area contributed by atoms with Crippen LogP contribution in [0.15, 0.2) is 30.3 Å². The highest BCUT2D eigenvalue weighted by Gasteiger charge is 2.33. The first-order valence-electron chi connectivity index (χ1n) is 9.36. The zero-order valence-corrected chi connectivity index (χ0v) is 15.2. The van der Waals surface area contributed by atoms with Crippen molar-refractivity contribution in [1.29, 1.82) is 0 Å². The summed E-state index contributed by atoms with van der Waals surface area (Å²) in [5, 5.41) is 6.31. The summed E-state index contributed by atoms with van der Waals surface area (Å²) in [4.78, 5) is 28.9. The Balaban J connectivity index is 1.48. The van der Waals surface area contributed by atoms with Crippen LogP contribution >= 0.6 is 0 Å². The fourth-order valence-corrected chi connectivity index (χ4v) is 3.37. The molecule has 1 aromatic carbocycles. The Morgan fingerprint density at radius 1 is 1.23 bits per heavy atom. The summed E-state index contributed by atoms with van der Waals surface area (Å²) >= 11 is 0. The summed E-state index contributed by atoms with van der Waals surface area (Å²) in [5.41, 5.74) is 1.01. The van der Waals surface area contributed by atoms with Gasteiger partial charge in [-0.2, -0.15) is 0 Å². The second-order valence-electron chi connectivity index (χ2n) is 6.77. The summed E-state index contributed by atoms with van der Waals surface area (Å²) in [6, 6.07) is 9.18. The van der Waals surface area contributed by atoms with Gasteiger partial charge in [0.15, 0.2) is 0 Å². The predicted molar refractivity (Wildman–Crippen MR) is 98.5 cm³/mol. The summed E-state index contributed by atoms with van der Waals surface area (Å²) in [5.74, 6) is -0.268. The maximum absolute atomic E-state index is 12.6.